The number of phenols is 1. The standard InChI is InChI=1S/C15H20O4/c1-4-6-12-9-11(7-8-13(12)16)10-14(18-3)15(17)19-5-2/h4,7-9,14,16H,1,5-6,10H2,2-3H3. The van der Waals surface area contributed by atoms with Gasteiger partial charge in [-0.15, -0.1) is 6.58 Å². The molecule has 1 rings (SSSR count). The van der Waals surface area contributed by atoms with Gasteiger partial charge in [0, 0.05) is 13.5 Å². The third-order valence-electron chi connectivity index (χ3n) is 2.76. The van der Waals surface area contributed by atoms with E-state index in [1.165, 1.54) is 7.11 Å². The van der Waals surface area contributed by atoms with Gasteiger partial charge in [-0.1, -0.05) is 18.2 Å². The van der Waals surface area contributed by atoms with Crippen molar-refractivity contribution >= 4 is 5.97 Å². The molecule has 0 saturated heterocycles. The van der Waals surface area contributed by atoms with Gasteiger partial charge in [0.1, 0.15) is 5.75 Å². The van der Waals surface area contributed by atoms with E-state index in [1.54, 1.807) is 25.1 Å². The fraction of sp³-hybridized carbons (Fsp3) is 0.400. The number of aromatic hydroxyl groups is 1. The summed E-state index contributed by atoms with van der Waals surface area (Å²) in [7, 11) is 1.48. The first kappa shape index (κ1) is 15.2. The fourth-order valence-corrected chi connectivity index (χ4v) is 1.80. The lowest BCUT2D eigenvalue weighted by Gasteiger charge is -2.14. The summed E-state index contributed by atoms with van der Waals surface area (Å²) in [5.41, 5.74) is 1.70. The van der Waals surface area contributed by atoms with Gasteiger partial charge in [0.05, 0.1) is 6.61 Å². The number of carbonyl (C=O) groups is 1. The SMILES string of the molecule is C=CCc1cc(CC(OC)C(=O)OCC)ccc1O. The number of phenolic OH excluding ortho intramolecular Hbond substituents is 1. The van der Waals surface area contributed by atoms with Gasteiger partial charge in [-0.3, -0.25) is 0 Å². The summed E-state index contributed by atoms with van der Waals surface area (Å²) >= 11 is 0. The molecule has 0 fully saturated rings. The highest BCUT2D eigenvalue weighted by molar-refractivity contribution is 5.75. The van der Waals surface area contributed by atoms with Crippen LogP contribution in [0, 0.1) is 0 Å². The average molecular weight is 264 g/mol. The maximum Gasteiger partial charge on any atom is 0.335 e. The fourth-order valence-electron chi connectivity index (χ4n) is 1.80. The van der Waals surface area contributed by atoms with Crippen molar-refractivity contribution in [2.75, 3.05) is 13.7 Å². The number of hydrogen-bond donors (Lipinski definition) is 1. The Labute approximate surface area is 113 Å². The highest BCUT2D eigenvalue weighted by Gasteiger charge is 2.19. The summed E-state index contributed by atoms with van der Waals surface area (Å²) in [6.07, 6.45) is 2.09. The van der Waals surface area contributed by atoms with Crippen LogP contribution >= 0.6 is 0 Å². The van der Waals surface area contributed by atoms with Gasteiger partial charge in [-0.25, -0.2) is 4.79 Å². The Hall–Kier alpha value is -1.81. The number of benzene rings is 1. The van der Waals surface area contributed by atoms with Crippen LogP contribution in [-0.2, 0) is 27.1 Å². The number of rotatable bonds is 7. The van der Waals surface area contributed by atoms with Crippen molar-refractivity contribution in [2.45, 2.75) is 25.9 Å². The normalized spacial score (nSPS) is 11.9. The Bertz CT molecular complexity index is 440. The lowest BCUT2D eigenvalue weighted by Crippen LogP contribution is -2.27. The summed E-state index contributed by atoms with van der Waals surface area (Å²) in [5.74, 6) is -0.142. The lowest BCUT2D eigenvalue weighted by molar-refractivity contribution is -0.154. The minimum atomic E-state index is -0.624. The molecule has 0 bridgehead atoms. The summed E-state index contributed by atoms with van der Waals surface area (Å²) in [6, 6.07) is 5.24. The predicted octanol–water partition coefficient (Wildman–Crippen LogP) is 2.24. The highest BCUT2D eigenvalue weighted by atomic mass is 16.6. The van der Waals surface area contributed by atoms with Gasteiger partial charge < -0.3 is 14.6 Å². The van der Waals surface area contributed by atoms with E-state index in [1.807, 2.05) is 6.07 Å². The van der Waals surface area contributed by atoms with E-state index in [0.717, 1.165) is 11.1 Å². The van der Waals surface area contributed by atoms with Gasteiger partial charge in [0.2, 0.25) is 0 Å². The first-order valence-corrected chi connectivity index (χ1v) is 6.23. The Kier molecular flexibility index (Phi) is 6.09. The predicted molar refractivity (Wildman–Crippen MR) is 73.1 cm³/mol. The van der Waals surface area contributed by atoms with Crippen molar-refractivity contribution in [3.05, 3.63) is 42.0 Å². The molecule has 1 aromatic carbocycles. The van der Waals surface area contributed by atoms with E-state index in [0.29, 0.717) is 19.4 Å². The maximum atomic E-state index is 11.6. The first-order valence-electron chi connectivity index (χ1n) is 6.23. The highest BCUT2D eigenvalue weighted by Crippen LogP contribution is 2.20. The quantitative estimate of drug-likeness (QED) is 0.606. The first-order chi connectivity index (χ1) is 9.12. The number of esters is 1. The van der Waals surface area contributed by atoms with Crippen LogP contribution in [0.2, 0.25) is 0 Å². The van der Waals surface area contributed by atoms with Crippen LogP contribution in [0.5, 0.6) is 5.75 Å². The van der Waals surface area contributed by atoms with Crippen LogP contribution in [-0.4, -0.2) is 30.9 Å². The molecule has 1 aromatic rings. The summed E-state index contributed by atoms with van der Waals surface area (Å²) in [6.45, 7) is 5.73. The van der Waals surface area contributed by atoms with E-state index in [4.69, 9.17) is 9.47 Å². The summed E-state index contributed by atoms with van der Waals surface area (Å²) in [5, 5.41) is 9.68. The van der Waals surface area contributed by atoms with Crippen LogP contribution < -0.4 is 0 Å². The van der Waals surface area contributed by atoms with Gasteiger partial charge >= 0.3 is 5.97 Å². The minimum Gasteiger partial charge on any atom is -0.508 e. The number of hydrogen-bond acceptors (Lipinski definition) is 4. The molecule has 0 amide bonds. The molecular weight excluding hydrogens is 244 g/mol. The Morgan fingerprint density at radius 2 is 2.26 bits per heavy atom. The molecule has 19 heavy (non-hydrogen) atoms. The van der Waals surface area contributed by atoms with E-state index < -0.39 is 6.10 Å². The van der Waals surface area contributed by atoms with Crippen LogP contribution in [0.1, 0.15) is 18.1 Å². The number of methoxy groups -OCH3 is 1. The van der Waals surface area contributed by atoms with Crippen LogP contribution in [0.4, 0.5) is 0 Å². The smallest absolute Gasteiger partial charge is 0.335 e. The Morgan fingerprint density at radius 1 is 1.53 bits per heavy atom. The zero-order chi connectivity index (χ0) is 14.3. The van der Waals surface area contributed by atoms with Crippen molar-refractivity contribution in [1.82, 2.24) is 0 Å². The number of ether oxygens (including phenoxy) is 2. The van der Waals surface area contributed by atoms with Crippen molar-refractivity contribution in [1.29, 1.82) is 0 Å². The molecule has 0 aliphatic rings. The zero-order valence-corrected chi connectivity index (χ0v) is 11.4. The largest absolute Gasteiger partial charge is 0.508 e. The monoisotopic (exact) mass is 264 g/mol. The number of allylic oxidation sites excluding steroid dienone is 1. The third kappa shape index (κ3) is 4.41. The third-order valence-corrected chi connectivity index (χ3v) is 2.76. The zero-order valence-electron chi connectivity index (χ0n) is 11.4. The molecule has 4 nitrogen and oxygen atoms in total. The van der Waals surface area contributed by atoms with E-state index in [2.05, 4.69) is 6.58 Å². The molecule has 0 saturated carbocycles. The van der Waals surface area contributed by atoms with Gasteiger partial charge in [0.15, 0.2) is 6.10 Å². The van der Waals surface area contributed by atoms with Crippen molar-refractivity contribution in [3.8, 4) is 5.75 Å². The van der Waals surface area contributed by atoms with E-state index in [9.17, 15) is 9.90 Å². The Balaban J connectivity index is 2.82. The molecule has 4 heteroatoms. The molecule has 0 radical (unpaired) electrons. The molecule has 0 heterocycles. The molecule has 1 N–H and O–H groups in total. The Morgan fingerprint density at radius 3 is 2.84 bits per heavy atom. The van der Waals surface area contributed by atoms with Crippen molar-refractivity contribution < 1.29 is 19.4 Å². The van der Waals surface area contributed by atoms with Gasteiger partial charge in [-0.2, -0.15) is 0 Å². The second-order valence-corrected chi connectivity index (χ2v) is 4.14. The molecule has 0 spiro atoms. The topological polar surface area (TPSA) is 55.8 Å². The van der Waals surface area contributed by atoms with Gasteiger partial charge in [0.25, 0.3) is 0 Å². The van der Waals surface area contributed by atoms with Crippen molar-refractivity contribution in [2.24, 2.45) is 0 Å². The maximum absolute atomic E-state index is 11.6. The molecule has 0 aliphatic carbocycles. The molecule has 0 aliphatic heterocycles. The van der Waals surface area contributed by atoms with Crippen LogP contribution in [0.25, 0.3) is 0 Å². The lowest BCUT2D eigenvalue weighted by atomic mass is 10.0. The second-order valence-electron chi connectivity index (χ2n) is 4.14. The van der Waals surface area contributed by atoms with Crippen LogP contribution in [0.3, 0.4) is 0 Å². The second kappa shape index (κ2) is 7.59. The minimum absolute atomic E-state index is 0.230. The average Bonchev–Trinajstić information content (AvgIpc) is 2.40. The molecule has 104 valence electrons. The van der Waals surface area contributed by atoms with Crippen LogP contribution in [0.15, 0.2) is 30.9 Å². The molecular formula is C15H20O4. The van der Waals surface area contributed by atoms with Gasteiger partial charge in [-0.05, 0) is 30.5 Å². The summed E-state index contributed by atoms with van der Waals surface area (Å²) < 4.78 is 10.1. The van der Waals surface area contributed by atoms with E-state index in [-0.39, 0.29) is 11.7 Å². The summed E-state index contributed by atoms with van der Waals surface area (Å²) in [4.78, 5) is 11.6. The molecule has 0 aromatic heterocycles. The molecule has 1 unspecified atom stereocenters. The van der Waals surface area contributed by atoms with E-state index >= 15 is 0 Å². The van der Waals surface area contributed by atoms with Crippen molar-refractivity contribution in [3.63, 3.8) is 0 Å². The molecule has 1 atom stereocenters. The number of carbonyl (C=O) groups excluding carboxylic acids is 1.